The molecule has 1 N–H and O–H groups in total. The Kier molecular flexibility index (Phi) is 7.59. The van der Waals surface area contributed by atoms with Crippen LogP contribution >= 0.6 is 11.3 Å². The number of allylic oxidation sites excluding steroid dienone is 1. The molecule has 8 nitrogen and oxygen atoms in total. The van der Waals surface area contributed by atoms with Gasteiger partial charge in [-0.15, -0.1) is 11.3 Å². The average molecular weight is 534 g/mol. The molecular weight excluding hydrogens is 506 g/mol. The Balaban J connectivity index is 1.27. The fourth-order valence-corrected chi connectivity index (χ4v) is 5.14. The van der Waals surface area contributed by atoms with E-state index in [1.165, 1.54) is 17.6 Å². The normalized spacial score (nSPS) is 18.1. The maximum Gasteiger partial charge on any atom is 0.148 e. The lowest BCUT2D eigenvalue weighted by Gasteiger charge is -2.26. The van der Waals surface area contributed by atoms with E-state index in [1.54, 1.807) is 0 Å². The van der Waals surface area contributed by atoms with E-state index in [0.717, 1.165) is 39.3 Å². The number of hydrogen-bond acceptors (Lipinski definition) is 9. The first-order valence-corrected chi connectivity index (χ1v) is 14.8. The number of nitrogens with one attached hydrogen (secondary N) is 1. The second-order valence-electron chi connectivity index (χ2n) is 8.72. The second-order valence-corrected chi connectivity index (χ2v) is 11.9. The highest BCUT2D eigenvalue weighted by atomic mass is 32.2. The Hall–Kier alpha value is -3.60. The summed E-state index contributed by atoms with van der Waals surface area (Å²) in [6.07, 6.45) is 9.34. The summed E-state index contributed by atoms with van der Waals surface area (Å²) in [5.41, 5.74) is 2.84. The highest BCUT2D eigenvalue weighted by Crippen LogP contribution is 2.30. The molecule has 37 heavy (non-hydrogen) atoms. The van der Waals surface area contributed by atoms with Crippen LogP contribution in [0.4, 0.5) is 11.5 Å². The van der Waals surface area contributed by atoms with Gasteiger partial charge in [0.1, 0.15) is 32.2 Å². The predicted octanol–water partition coefficient (Wildman–Crippen LogP) is 4.76. The lowest BCUT2D eigenvalue weighted by molar-refractivity contribution is 0.483. The number of nitrogens with zero attached hydrogens (tertiary/aromatic N) is 4. The average Bonchev–Trinajstić information content (AvgIpc) is 3.37. The molecule has 0 aliphatic carbocycles. The van der Waals surface area contributed by atoms with E-state index in [1.807, 2.05) is 77.3 Å². The molecule has 10 heteroatoms. The third-order valence-electron chi connectivity index (χ3n) is 5.74. The van der Waals surface area contributed by atoms with Crippen molar-refractivity contribution in [3.63, 3.8) is 0 Å². The molecule has 190 valence electrons. The quantitative estimate of drug-likeness (QED) is 0.399. The zero-order valence-corrected chi connectivity index (χ0v) is 22.0. The van der Waals surface area contributed by atoms with E-state index in [9.17, 15) is 8.42 Å². The van der Waals surface area contributed by atoms with E-state index in [4.69, 9.17) is 14.7 Å². The molecule has 0 saturated heterocycles. The first-order chi connectivity index (χ1) is 17.9. The highest BCUT2D eigenvalue weighted by Gasteiger charge is 2.24. The molecule has 0 fully saturated rings. The van der Waals surface area contributed by atoms with Crippen LogP contribution in [0.15, 0.2) is 94.0 Å². The van der Waals surface area contributed by atoms with Crippen LogP contribution in [0.5, 0.6) is 11.5 Å². The van der Waals surface area contributed by atoms with Crippen molar-refractivity contribution in [3.05, 3.63) is 89.0 Å². The van der Waals surface area contributed by atoms with E-state index in [-0.39, 0.29) is 11.7 Å². The van der Waals surface area contributed by atoms with Gasteiger partial charge in [0, 0.05) is 54.8 Å². The molecule has 0 saturated carbocycles. The molecule has 3 heterocycles. The van der Waals surface area contributed by atoms with Gasteiger partial charge in [0.15, 0.2) is 0 Å². The summed E-state index contributed by atoms with van der Waals surface area (Å²) in [5.74, 6) is 2.54. The van der Waals surface area contributed by atoms with Gasteiger partial charge >= 0.3 is 0 Å². The number of aliphatic imine (C=N–C) groups is 2. The van der Waals surface area contributed by atoms with Crippen molar-refractivity contribution in [1.82, 2.24) is 10.3 Å². The van der Waals surface area contributed by atoms with Crippen LogP contribution in [0.1, 0.15) is 5.01 Å². The topological polar surface area (TPSA) is 96.2 Å². The van der Waals surface area contributed by atoms with Gasteiger partial charge in [0.25, 0.3) is 0 Å². The second kappa shape index (κ2) is 11.2. The first-order valence-electron chi connectivity index (χ1n) is 11.8. The minimum Gasteiger partial charge on any atom is -0.457 e. The maximum absolute atomic E-state index is 11.3. The van der Waals surface area contributed by atoms with Gasteiger partial charge in [0.05, 0.1) is 23.7 Å². The molecule has 5 rings (SSSR count). The molecule has 3 aromatic rings. The van der Waals surface area contributed by atoms with Crippen LogP contribution in [0.25, 0.3) is 0 Å². The van der Waals surface area contributed by atoms with Crippen LogP contribution in [0, 0.1) is 5.92 Å². The molecule has 1 atom stereocenters. The summed E-state index contributed by atoms with van der Waals surface area (Å²) in [6, 6.07) is 17.4. The monoisotopic (exact) mass is 533 g/mol. The number of aromatic nitrogens is 1. The Bertz CT molecular complexity index is 1460. The molecule has 2 aliphatic heterocycles. The standard InChI is InChI=1S/C27H27N5O3S2/c1-37(33,34)14-12-28-17-27-31-26(19-36-27)32-13-11-20-15-29-16-25(24(20)18-32)30-21-7-9-23(10-8-21)35-22-5-3-2-4-6-22/h2-11,13,15,18-20,28H,12,14,16-17H2,1H3. The van der Waals surface area contributed by atoms with Crippen LogP contribution in [0.3, 0.4) is 0 Å². The molecule has 1 aromatic heterocycles. The molecule has 2 aromatic carbocycles. The van der Waals surface area contributed by atoms with Crippen molar-refractivity contribution < 1.29 is 13.2 Å². The van der Waals surface area contributed by atoms with Gasteiger partial charge in [-0.05, 0) is 36.4 Å². The van der Waals surface area contributed by atoms with E-state index < -0.39 is 9.84 Å². The van der Waals surface area contributed by atoms with Gasteiger partial charge in [-0.3, -0.25) is 9.98 Å². The Labute approximate surface area is 220 Å². The minimum atomic E-state index is -2.98. The van der Waals surface area contributed by atoms with Crippen LogP contribution in [-0.4, -0.2) is 50.4 Å². The van der Waals surface area contributed by atoms with Gasteiger partial charge < -0.3 is 15.0 Å². The van der Waals surface area contributed by atoms with Crippen molar-refractivity contribution in [1.29, 1.82) is 0 Å². The maximum atomic E-state index is 11.3. The number of hydrogen-bond donors (Lipinski definition) is 1. The fourth-order valence-electron chi connectivity index (χ4n) is 3.87. The van der Waals surface area contributed by atoms with Crippen molar-refractivity contribution in [2.45, 2.75) is 6.54 Å². The number of thiazole rings is 1. The third-order valence-corrected chi connectivity index (χ3v) is 7.52. The summed E-state index contributed by atoms with van der Waals surface area (Å²) >= 11 is 1.54. The molecular formula is C27H27N5O3S2. The van der Waals surface area contributed by atoms with Gasteiger partial charge in [-0.25, -0.2) is 13.4 Å². The summed E-state index contributed by atoms with van der Waals surface area (Å²) < 4.78 is 28.5. The smallest absolute Gasteiger partial charge is 0.148 e. The van der Waals surface area contributed by atoms with E-state index in [0.29, 0.717) is 19.6 Å². The van der Waals surface area contributed by atoms with Crippen LogP contribution < -0.4 is 15.0 Å². The minimum absolute atomic E-state index is 0.0696. The van der Waals surface area contributed by atoms with Crippen molar-refractivity contribution in [2.24, 2.45) is 15.9 Å². The lowest BCUT2D eigenvalue weighted by Crippen LogP contribution is -2.27. The van der Waals surface area contributed by atoms with Crippen molar-refractivity contribution in [3.8, 4) is 11.5 Å². The van der Waals surface area contributed by atoms with E-state index >= 15 is 0 Å². The summed E-state index contributed by atoms with van der Waals surface area (Å²) in [6.45, 7) is 1.45. The molecule has 1 unspecified atom stereocenters. The number of anilines is 1. The summed E-state index contributed by atoms with van der Waals surface area (Å²) in [5, 5.41) is 6.03. The Morgan fingerprint density at radius 3 is 2.70 bits per heavy atom. The van der Waals surface area contributed by atoms with Crippen LogP contribution in [0.2, 0.25) is 0 Å². The van der Waals surface area contributed by atoms with Crippen LogP contribution in [-0.2, 0) is 16.4 Å². The van der Waals surface area contributed by atoms with Crippen molar-refractivity contribution >= 4 is 44.6 Å². The molecule has 2 aliphatic rings. The zero-order valence-electron chi connectivity index (χ0n) is 20.3. The third kappa shape index (κ3) is 6.79. The van der Waals surface area contributed by atoms with Gasteiger partial charge in [0.2, 0.25) is 0 Å². The largest absolute Gasteiger partial charge is 0.457 e. The lowest BCUT2D eigenvalue weighted by atomic mass is 9.92. The first kappa shape index (κ1) is 25.1. The van der Waals surface area contributed by atoms with Crippen molar-refractivity contribution in [2.75, 3.05) is 30.0 Å². The summed E-state index contributed by atoms with van der Waals surface area (Å²) in [4.78, 5) is 16.1. The molecule has 0 amide bonds. The van der Waals surface area contributed by atoms with Gasteiger partial charge in [-0.1, -0.05) is 24.3 Å². The fraction of sp³-hybridized carbons (Fsp3) is 0.222. The number of fused-ring (bicyclic) bond motifs is 1. The molecule has 0 radical (unpaired) electrons. The predicted molar refractivity (Wildman–Crippen MR) is 150 cm³/mol. The summed E-state index contributed by atoms with van der Waals surface area (Å²) in [7, 11) is -2.98. The number of sulfone groups is 1. The molecule has 0 bridgehead atoms. The number of ether oxygens (including phenoxy) is 1. The number of rotatable bonds is 9. The SMILES string of the molecule is CS(=O)(=O)CCNCc1nc(N2C=CC3C=NCC(=Nc4ccc(Oc5ccccc5)cc4)C3=C2)cs1. The van der Waals surface area contributed by atoms with E-state index in [2.05, 4.69) is 22.6 Å². The van der Waals surface area contributed by atoms with Gasteiger partial charge in [-0.2, -0.15) is 0 Å². The number of para-hydroxylation sites is 1. The molecule has 0 spiro atoms. The highest BCUT2D eigenvalue weighted by molar-refractivity contribution is 7.90. The Morgan fingerprint density at radius 1 is 1.14 bits per heavy atom. The number of benzene rings is 2. The Morgan fingerprint density at radius 2 is 1.92 bits per heavy atom. The zero-order chi connectivity index (χ0) is 25.7.